The molecule has 7 heteroatoms. The highest BCUT2D eigenvalue weighted by Gasteiger charge is 2.12. The first kappa shape index (κ1) is 17.9. The molecule has 128 valence electrons. The van der Waals surface area contributed by atoms with Crippen molar-refractivity contribution in [3.05, 3.63) is 75.6 Å². The molecule has 0 unspecified atom stereocenters. The van der Waals surface area contributed by atoms with Gasteiger partial charge < -0.3 is 10.1 Å². The Hall–Kier alpha value is -3.40. The molecule has 2 aromatic carbocycles. The zero-order valence-corrected chi connectivity index (χ0v) is 13.2. The third-order valence-corrected chi connectivity index (χ3v) is 3.11. The van der Waals surface area contributed by atoms with Gasteiger partial charge in [0, 0.05) is 19.0 Å². The highest BCUT2D eigenvalue weighted by molar-refractivity contribution is 5.67. The zero-order valence-electron chi connectivity index (χ0n) is 13.2. The maximum atomic E-state index is 13.2. The highest BCUT2D eigenvalue weighted by Crippen LogP contribution is 2.18. The van der Waals surface area contributed by atoms with Crippen LogP contribution in [0.3, 0.4) is 0 Å². The molecule has 0 aliphatic rings. The maximum Gasteiger partial charge on any atom is 0.407 e. The van der Waals surface area contributed by atoms with Crippen molar-refractivity contribution in [2.75, 3.05) is 6.54 Å². The largest absolute Gasteiger partial charge is 0.445 e. The number of hydrogen-bond donors (Lipinski definition) is 1. The fourth-order valence-corrected chi connectivity index (χ4v) is 1.93. The van der Waals surface area contributed by atoms with Crippen LogP contribution in [0.25, 0.3) is 0 Å². The van der Waals surface area contributed by atoms with Crippen LogP contribution in [0.1, 0.15) is 17.5 Å². The van der Waals surface area contributed by atoms with Crippen LogP contribution in [-0.2, 0) is 11.3 Å². The van der Waals surface area contributed by atoms with Gasteiger partial charge in [0.2, 0.25) is 0 Å². The Morgan fingerprint density at radius 3 is 2.72 bits per heavy atom. The average molecular weight is 342 g/mol. The zero-order chi connectivity index (χ0) is 18.1. The molecule has 0 spiro atoms. The Morgan fingerprint density at radius 2 is 2.00 bits per heavy atom. The van der Waals surface area contributed by atoms with Crippen LogP contribution in [0.5, 0.6) is 0 Å². The summed E-state index contributed by atoms with van der Waals surface area (Å²) >= 11 is 0. The molecule has 0 aromatic heterocycles. The summed E-state index contributed by atoms with van der Waals surface area (Å²) in [6, 6.07) is 12.3. The lowest BCUT2D eigenvalue weighted by atomic mass is 10.2. The van der Waals surface area contributed by atoms with E-state index in [1.807, 2.05) is 30.3 Å². The molecule has 0 radical (unpaired) electrons. The van der Waals surface area contributed by atoms with E-state index in [2.05, 4.69) is 17.2 Å². The van der Waals surface area contributed by atoms with E-state index in [0.29, 0.717) is 0 Å². The van der Waals surface area contributed by atoms with E-state index < -0.39 is 16.8 Å². The molecule has 0 heterocycles. The average Bonchev–Trinajstić information content (AvgIpc) is 2.60. The topological polar surface area (TPSA) is 81.5 Å². The number of carbonyl (C=O) groups is 1. The van der Waals surface area contributed by atoms with Gasteiger partial charge in [0.1, 0.15) is 18.0 Å². The third-order valence-electron chi connectivity index (χ3n) is 3.11. The number of nitrogens with zero attached hydrogens (tertiary/aromatic N) is 1. The van der Waals surface area contributed by atoms with E-state index in [0.717, 1.165) is 23.8 Å². The van der Waals surface area contributed by atoms with Gasteiger partial charge in [-0.05, 0) is 17.7 Å². The van der Waals surface area contributed by atoms with Gasteiger partial charge in [-0.2, -0.15) is 0 Å². The molecule has 6 nitrogen and oxygen atoms in total. The van der Waals surface area contributed by atoms with Crippen LogP contribution < -0.4 is 5.32 Å². The number of rotatable bonds is 5. The first-order valence-corrected chi connectivity index (χ1v) is 7.43. The molecule has 2 rings (SSSR count). The molecule has 0 bridgehead atoms. The minimum Gasteiger partial charge on any atom is -0.445 e. The molecule has 0 saturated heterocycles. The molecule has 0 fully saturated rings. The van der Waals surface area contributed by atoms with Gasteiger partial charge in [0.05, 0.1) is 4.92 Å². The lowest BCUT2D eigenvalue weighted by Gasteiger charge is -2.05. The monoisotopic (exact) mass is 342 g/mol. The molecular formula is C18H15FN2O4. The molecule has 0 aliphatic carbocycles. The van der Waals surface area contributed by atoms with E-state index >= 15 is 0 Å². The number of alkyl carbamates (subject to hydrolysis) is 1. The third kappa shape index (κ3) is 5.95. The summed E-state index contributed by atoms with van der Waals surface area (Å²) in [5.41, 5.74) is 0.608. The molecule has 1 N–H and O–H groups in total. The molecule has 1 amide bonds. The number of ether oxygens (including phenoxy) is 1. The number of carbonyl (C=O) groups excluding carboxylic acids is 1. The Kier molecular flexibility index (Phi) is 6.48. The van der Waals surface area contributed by atoms with Crippen molar-refractivity contribution in [2.24, 2.45) is 0 Å². The van der Waals surface area contributed by atoms with Crippen molar-refractivity contribution in [1.29, 1.82) is 0 Å². The van der Waals surface area contributed by atoms with Crippen molar-refractivity contribution < 1.29 is 18.8 Å². The van der Waals surface area contributed by atoms with Crippen LogP contribution >= 0.6 is 0 Å². The number of amides is 1. The van der Waals surface area contributed by atoms with E-state index in [4.69, 9.17) is 4.74 Å². The summed E-state index contributed by atoms with van der Waals surface area (Å²) in [6.07, 6.45) is -0.337. The number of halogens is 1. The van der Waals surface area contributed by atoms with Crippen molar-refractivity contribution in [3.8, 4) is 11.8 Å². The molecule has 25 heavy (non-hydrogen) atoms. The van der Waals surface area contributed by atoms with E-state index in [1.165, 1.54) is 0 Å². The van der Waals surface area contributed by atoms with Crippen LogP contribution in [0.2, 0.25) is 0 Å². The maximum absolute atomic E-state index is 13.2. The summed E-state index contributed by atoms with van der Waals surface area (Å²) in [4.78, 5) is 21.7. The molecular weight excluding hydrogens is 327 g/mol. The van der Waals surface area contributed by atoms with Crippen LogP contribution in [0, 0.1) is 27.8 Å². The lowest BCUT2D eigenvalue weighted by molar-refractivity contribution is -0.385. The minimum absolute atomic E-state index is 0.00310. The first-order chi connectivity index (χ1) is 12.1. The summed E-state index contributed by atoms with van der Waals surface area (Å²) in [5.74, 6) is 4.61. The first-order valence-electron chi connectivity index (χ1n) is 7.43. The van der Waals surface area contributed by atoms with Gasteiger partial charge in [-0.1, -0.05) is 42.2 Å². The Bertz CT molecular complexity index is 813. The van der Waals surface area contributed by atoms with E-state index in [9.17, 15) is 19.3 Å². The standard InChI is InChI=1S/C18H15FN2O4/c19-16-9-10-17(21(23)24)15(12-16)8-4-5-11-20-18(22)25-13-14-6-2-1-3-7-14/h1-3,6-7,9-10,12H,5,11,13H2,(H,20,22). The molecule has 0 aliphatic heterocycles. The number of nitrogens with one attached hydrogen (secondary N) is 1. The number of hydrogen-bond acceptors (Lipinski definition) is 4. The van der Waals surface area contributed by atoms with Gasteiger partial charge in [-0.3, -0.25) is 10.1 Å². The molecule has 0 saturated carbocycles. The van der Waals surface area contributed by atoms with Crippen molar-refractivity contribution in [2.45, 2.75) is 13.0 Å². The fraction of sp³-hybridized carbons (Fsp3) is 0.167. The second-order valence-corrected chi connectivity index (χ2v) is 4.96. The van der Waals surface area contributed by atoms with Gasteiger partial charge >= 0.3 is 6.09 Å². The quantitative estimate of drug-likeness (QED) is 0.391. The van der Waals surface area contributed by atoms with Crippen LogP contribution in [-0.4, -0.2) is 17.6 Å². The molecule has 2 aromatic rings. The van der Waals surface area contributed by atoms with Crippen molar-refractivity contribution in [3.63, 3.8) is 0 Å². The lowest BCUT2D eigenvalue weighted by Crippen LogP contribution is -2.24. The second-order valence-electron chi connectivity index (χ2n) is 4.96. The normalized spacial score (nSPS) is 9.64. The Balaban J connectivity index is 1.78. The number of benzene rings is 2. The predicted octanol–water partition coefficient (Wildman–Crippen LogP) is 3.40. The van der Waals surface area contributed by atoms with Crippen LogP contribution in [0.15, 0.2) is 48.5 Å². The summed E-state index contributed by atoms with van der Waals surface area (Å²) < 4.78 is 18.2. The summed E-state index contributed by atoms with van der Waals surface area (Å²) in [7, 11) is 0. The SMILES string of the molecule is O=C(NCCC#Cc1cc(F)ccc1[N+](=O)[O-])OCc1ccccc1. The van der Waals surface area contributed by atoms with Crippen LogP contribution in [0.4, 0.5) is 14.9 Å². The van der Waals surface area contributed by atoms with Gasteiger partial charge in [0.25, 0.3) is 5.69 Å². The number of nitro groups is 1. The van der Waals surface area contributed by atoms with E-state index in [-0.39, 0.29) is 30.8 Å². The number of nitro benzene ring substituents is 1. The Labute approximate surface area is 143 Å². The fourth-order valence-electron chi connectivity index (χ4n) is 1.93. The van der Waals surface area contributed by atoms with Crippen molar-refractivity contribution >= 4 is 11.8 Å². The van der Waals surface area contributed by atoms with Crippen molar-refractivity contribution in [1.82, 2.24) is 5.32 Å². The second kappa shape index (κ2) is 9.03. The minimum atomic E-state index is -0.622. The Morgan fingerprint density at radius 1 is 1.24 bits per heavy atom. The molecule has 0 atom stereocenters. The highest BCUT2D eigenvalue weighted by atomic mass is 19.1. The van der Waals surface area contributed by atoms with E-state index in [1.54, 1.807) is 0 Å². The van der Waals surface area contributed by atoms with Gasteiger partial charge in [-0.25, -0.2) is 9.18 Å². The van der Waals surface area contributed by atoms with Gasteiger partial charge in [0.15, 0.2) is 0 Å². The summed E-state index contributed by atoms with van der Waals surface area (Å²) in [5, 5.41) is 13.4. The predicted molar refractivity (Wildman–Crippen MR) is 89.2 cm³/mol. The smallest absolute Gasteiger partial charge is 0.407 e. The summed E-state index contributed by atoms with van der Waals surface area (Å²) in [6.45, 7) is 0.373. The van der Waals surface area contributed by atoms with Gasteiger partial charge in [-0.15, -0.1) is 0 Å².